The topological polar surface area (TPSA) is 40.5 Å². The van der Waals surface area contributed by atoms with E-state index in [1.54, 1.807) is 0 Å². The summed E-state index contributed by atoms with van der Waals surface area (Å²) in [7, 11) is 0. The summed E-state index contributed by atoms with van der Waals surface area (Å²) in [6.45, 7) is 5.87. The summed E-state index contributed by atoms with van der Waals surface area (Å²) in [5.74, 6) is -0.673. The molecule has 1 unspecified atom stereocenters. The molecule has 1 fully saturated rings. The molecule has 1 aliphatic heterocycles. The molecule has 1 atom stereocenters. The molecule has 1 aromatic rings. The number of carbonyl (C=O) groups is 1. The van der Waals surface area contributed by atoms with Gasteiger partial charge in [-0.1, -0.05) is 31.0 Å². The van der Waals surface area contributed by atoms with E-state index >= 15 is 0 Å². The Balaban J connectivity index is 2.21. The number of hydrogen-bond donors (Lipinski definition) is 1. The van der Waals surface area contributed by atoms with Crippen molar-refractivity contribution >= 4 is 5.97 Å². The van der Waals surface area contributed by atoms with Gasteiger partial charge in [0, 0.05) is 6.54 Å². The number of rotatable bonds is 3. The lowest BCUT2D eigenvalue weighted by molar-refractivity contribution is -0.143. The summed E-state index contributed by atoms with van der Waals surface area (Å²) in [4.78, 5) is 13.6. The van der Waals surface area contributed by atoms with E-state index in [2.05, 4.69) is 36.9 Å². The summed E-state index contributed by atoms with van der Waals surface area (Å²) in [5.41, 5.74) is 3.80. The molecule has 0 spiro atoms. The van der Waals surface area contributed by atoms with E-state index in [9.17, 15) is 9.90 Å². The number of nitrogens with zero attached hydrogens (tertiary/aromatic N) is 1. The molecule has 1 heterocycles. The van der Waals surface area contributed by atoms with E-state index in [1.807, 2.05) is 0 Å². The van der Waals surface area contributed by atoms with Crippen molar-refractivity contribution in [2.45, 2.75) is 52.1 Å². The van der Waals surface area contributed by atoms with Crippen molar-refractivity contribution in [3.05, 3.63) is 34.9 Å². The van der Waals surface area contributed by atoms with Crippen LogP contribution in [0.15, 0.2) is 18.2 Å². The molecular formula is C16H23NO2. The van der Waals surface area contributed by atoms with Gasteiger partial charge in [0.1, 0.15) is 6.04 Å². The second-order valence-corrected chi connectivity index (χ2v) is 5.54. The maximum atomic E-state index is 11.4. The molecule has 3 nitrogen and oxygen atoms in total. The quantitative estimate of drug-likeness (QED) is 0.908. The van der Waals surface area contributed by atoms with E-state index < -0.39 is 5.97 Å². The van der Waals surface area contributed by atoms with E-state index in [-0.39, 0.29) is 6.04 Å². The van der Waals surface area contributed by atoms with Gasteiger partial charge in [-0.15, -0.1) is 0 Å². The zero-order valence-electron chi connectivity index (χ0n) is 11.9. The first-order valence-electron chi connectivity index (χ1n) is 7.11. The van der Waals surface area contributed by atoms with Crippen LogP contribution in [0.1, 0.15) is 42.4 Å². The maximum Gasteiger partial charge on any atom is 0.320 e. The number of aryl methyl sites for hydroxylation is 2. The summed E-state index contributed by atoms with van der Waals surface area (Å²) < 4.78 is 0. The predicted octanol–water partition coefficient (Wildman–Crippen LogP) is 3.13. The minimum atomic E-state index is -0.673. The second kappa shape index (κ2) is 6.20. The number of hydrogen-bond acceptors (Lipinski definition) is 2. The molecule has 19 heavy (non-hydrogen) atoms. The fraction of sp³-hybridized carbons (Fsp3) is 0.562. The van der Waals surface area contributed by atoms with E-state index in [0.29, 0.717) is 0 Å². The number of carboxylic acids is 1. The normalized spacial score (nSPS) is 21.1. The second-order valence-electron chi connectivity index (χ2n) is 5.54. The Morgan fingerprint density at radius 3 is 2.58 bits per heavy atom. The smallest absolute Gasteiger partial charge is 0.320 e. The molecule has 1 N–H and O–H groups in total. The molecule has 0 amide bonds. The minimum absolute atomic E-state index is 0.318. The Hall–Kier alpha value is -1.35. The van der Waals surface area contributed by atoms with Crippen LogP contribution in [0.25, 0.3) is 0 Å². The first-order valence-corrected chi connectivity index (χ1v) is 7.11. The molecule has 1 aliphatic rings. The van der Waals surface area contributed by atoms with Crippen LogP contribution in [-0.4, -0.2) is 28.6 Å². The van der Waals surface area contributed by atoms with Gasteiger partial charge in [-0.3, -0.25) is 9.69 Å². The van der Waals surface area contributed by atoms with E-state index in [0.717, 1.165) is 38.8 Å². The van der Waals surface area contributed by atoms with Gasteiger partial charge in [-0.2, -0.15) is 0 Å². The highest BCUT2D eigenvalue weighted by Crippen LogP contribution is 2.22. The van der Waals surface area contributed by atoms with E-state index in [1.165, 1.54) is 16.7 Å². The highest BCUT2D eigenvalue weighted by Gasteiger charge is 2.27. The summed E-state index contributed by atoms with van der Waals surface area (Å²) in [6.07, 6.45) is 4.06. The Morgan fingerprint density at radius 2 is 1.95 bits per heavy atom. The van der Waals surface area contributed by atoms with Crippen LogP contribution >= 0.6 is 0 Å². The number of aliphatic carboxylic acids is 1. The Bertz CT molecular complexity index is 436. The molecule has 0 saturated carbocycles. The lowest BCUT2D eigenvalue weighted by atomic mass is 10.0. The first-order chi connectivity index (χ1) is 9.09. The highest BCUT2D eigenvalue weighted by molar-refractivity contribution is 5.73. The Morgan fingerprint density at radius 1 is 1.26 bits per heavy atom. The van der Waals surface area contributed by atoms with Crippen LogP contribution in [0.3, 0.4) is 0 Å². The van der Waals surface area contributed by atoms with Gasteiger partial charge in [0.2, 0.25) is 0 Å². The summed E-state index contributed by atoms with van der Waals surface area (Å²) in [6, 6.07) is 5.96. The van der Waals surface area contributed by atoms with Gasteiger partial charge in [0.05, 0.1) is 0 Å². The van der Waals surface area contributed by atoms with Crippen LogP contribution < -0.4 is 0 Å². The van der Waals surface area contributed by atoms with Crippen molar-refractivity contribution in [1.82, 2.24) is 4.90 Å². The monoisotopic (exact) mass is 261 g/mol. The molecule has 0 aliphatic carbocycles. The highest BCUT2D eigenvalue weighted by atomic mass is 16.4. The molecule has 0 bridgehead atoms. The van der Waals surface area contributed by atoms with Crippen LogP contribution in [0.2, 0.25) is 0 Å². The van der Waals surface area contributed by atoms with Crippen LogP contribution in [-0.2, 0) is 11.3 Å². The average molecular weight is 261 g/mol. The van der Waals surface area contributed by atoms with Crippen LogP contribution in [0.4, 0.5) is 0 Å². The standard InChI is InChI=1S/C16H23NO2/c1-12-7-6-8-13(2)14(12)11-17-10-5-3-4-9-15(17)16(18)19/h6-8,15H,3-5,9-11H2,1-2H3,(H,18,19). The van der Waals surface area contributed by atoms with Crippen molar-refractivity contribution in [3.8, 4) is 0 Å². The number of carboxylic acid groups (broad SMARTS) is 1. The Kier molecular flexibility index (Phi) is 4.59. The van der Waals surface area contributed by atoms with Crippen LogP contribution in [0, 0.1) is 13.8 Å². The third-order valence-corrected chi connectivity index (χ3v) is 4.15. The van der Waals surface area contributed by atoms with Crippen molar-refractivity contribution in [2.24, 2.45) is 0 Å². The van der Waals surface area contributed by atoms with Crippen LogP contribution in [0.5, 0.6) is 0 Å². The fourth-order valence-corrected chi connectivity index (χ4v) is 2.94. The summed E-state index contributed by atoms with van der Waals surface area (Å²) in [5, 5.41) is 9.41. The molecule has 1 saturated heterocycles. The largest absolute Gasteiger partial charge is 0.480 e. The van der Waals surface area contributed by atoms with Gasteiger partial charge >= 0.3 is 5.97 Å². The maximum absolute atomic E-state index is 11.4. The average Bonchev–Trinajstić information content (AvgIpc) is 2.59. The zero-order valence-corrected chi connectivity index (χ0v) is 11.9. The van der Waals surface area contributed by atoms with Crippen molar-refractivity contribution in [2.75, 3.05) is 6.54 Å². The zero-order chi connectivity index (χ0) is 13.8. The third kappa shape index (κ3) is 3.35. The minimum Gasteiger partial charge on any atom is -0.480 e. The lowest BCUT2D eigenvalue weighted by Gasteiger charge is -2.28. The lowest BCUT2D eigenvalue weighted by Crippen LogP contribution is -2.40. The van der Waals surface area contributed by atoms with Gasteiger partial charge < -0.3 is 5.11 Å². The van der Waals surface area contributed by atoms with Crippen molar-refractivity contribution in [1.29, 1.82) is 0 Å². The van der Waals surface area contributed by atoms with Gasteiger partial charge in [-0.25, -0.2) is 0 Å². The number of likely N-dealkylation sites (tertiary alicyclic amines) is 1. The van der Waals surface area contributed by atoms with Crippen molar-refractivity contribution < 1.29 is 9.90 Å². The Labute approximate surface area is 115 Å². The number of benzene rings is 1. The predicted molar refractivity (Wildman–Crippen MR) is 76.2 cm³/mol. The van der Waals surface area contributed by atoms with Gasteiger partial charge in [0.15, 0.2) is 0 Å². The van der Waals surface area contributed by atoms with Gasteiger partial charge in [-0.05, 0) is 49.9 Å². The van der Waals surface area contributed by atoms with Gasteiger partial charge in [0.25, 0.3) is 0 Å². The molecule has 2 rings (SSSR count). The first kappa shape index (κ1) is 14.1. The molecule has 0 aromatic heterocycles. The van der Waals surface area contributed by atoms with E-state index in [4.69, 9.17) is 0 Å². The molecule has 3 heteroatoms. The third-order valence-electron chi connectivity index (χ3n) is 4.15. The fourth-order valence-electron chi connectivity index (χ4n) is 2.94. The molecule has 104 valence electrons. The molecule has 0 radical (unpaired) electrons. The SMILES string of the molecule is Cc1cccc(C)c1CN1CCCCCC1C(=O)O. The molecular weight excluding hydrogens is 238 g/mol. The summed E-state index contributed by atoms with van der Waals surface area (Å²) >= 11 is 0. The van der Waals surface area contributed by atoms with Crippen molar-refractivity contribution in [3.63, 3.8) is 0 Å². The molecule has 1 aromatic carbocycles.